The van der Waals surface area contributed by atoms with E-state index in [2.05, 4.69) is 15.2 Å². The highest BCUT2D eigenvalue weighted by Gasteiger charge is 2.19. The number of halogens is 2. The number of likely N-dealkylation sites (N-methyl/N-ethyl adjacent to an activating group) is 1. The molecule has 0 aliphatic heterocycles. The van der Waals surface area contributed by atoms with Crippen LogP contribution in [-0.2, 0) is 6.42 Å². The van der Waals surface area contributed by atoms with Gasteiger partial charge in [0.05, 0.1) is 16.6 Å². The van der Waals surface area contributed by atoms with Crippen molar-refractivity contribution in [3.05, 3.63) is 88.1 Å². The van der Waals surface area contributed by atoms with Crippen molar-refractivity contribution in [2.45, 2.75) is 19.4 Å². The van der Waals surface area contributed by atoms with Crippen molar-refractivity contribution in [3.8, 4) is 11.6 Å². The molecule has 7 nitrogen and oxygen atoms in total. The molecule has 0 bridgehead atoms. The fraction of sp³-hybridized carbons (Fsp3) is 0.240. The van der Waals surface area contributed by atoms with Crippen molar-refractivity contribution in [1.29, 1.82) is 0 Å². The van der Waals surface area contributed by atoms with E-state index in [1.165, 1.54) is 30.0 Å². The van der Waals surface area contributed by atoms with E-state index in [9.17, 15) is 9.59 Å². The van der Waals surface area contributed by atoms with Crippen LogP contribution in [-0.4, -0.2) is 47.5 Å². The second-order valence-electron chi connectivity index (χ2n) is 7.93. The molecule has 2 aromatic carbocycles. The van der Waals surface area contributed by atoms with Gasteiger partial charge in [0.15, 0.2) is 0 Å². The van der Waals surface area contributed by atoms with E-state index in [0.717, 1.165) is 18.5 Å². The van der Waals surface area contributed by atoms with Gasteiger partial charge in [-0.25, -0.2) is 9.78 Å². The van der Waals surface area contributed by atoms with Gasteiger partial charge < -0.3 is 20.1 Å². The number of nitrogens with zero attached hydrogens (tertiary/aromatic N) is 2. The van der Waals surface area contributed by atoms with Crippen LogP contribution in [0.2, 0.25) is 5.02 Å². The number of nitrogens with one attached hydrogen (secondary N) is 1. The zero-order valence-corrected chi connectivity index (χ0v) is 20.7. The van der Waals surface area contributed by atoms with Gasteiger partial charge in [-0.1, -0.05) is 35.9 Å². The van der Waals surface area contributed by atoms with Gasteiger partial charge in [-0.3, -0.25) is 4.79 Å². The fourth-order valence-electron chi connectivity index (χ4n) is 3.13. The summed E-state index contributed by atoms with van der Waals surface area (Å²) in [5.41, 5.74) is 2.33. The van der Waals surface area contributed by atoms with Gasteiger partial charge in [0, 0.05) is 12.7 Å². The van der Waals surface area contributed by atoms with Crippen molar-refractivity contribution in [2.24, 2.45) is 0 Å². The first kappa shape index (κ1) is 27.1. The number of aromatic carboxylic acids is 1. The van der Waals surface area contributed by atoms with E-state index in [-0.39, 0.29) is 35.5 Å². The topological polar surface area (TPSA) is 91.8 Å². The minimum atomic E-state index is -1.00. The van der Waals surface area contributed by atoms with Crippen molar-refractivity contribution in [2.75, 3.05) is 20.6 Å². The summed E-state index contributed by atoms with van der Waals surface area (Å²) in [6.45, 7) is 2.75. The second-order valence-corrected chi connectivity index (χ2v) is 8.36. The van der Waals surface area contributed by atoms with Crippen LogP contribution in [0.25, 0.3) is 0 Å². The monoisotopic (exact) mass is 503 g/mol. The molecule has 1 aromatic heterocycles. The van der Waals surface area contributed by atoms with E-state index in [1.807, 2.05) is 38.4 Å². The van der Waals surface area contributed by atoms with Crippen LogP contribution in [0.3, 0.4) is 0 Å². The fourth-order valence-corrected chi connectivity index (χ4v) is 3.29. The molecular weight excluding hydrogens is 477 g/mol. The lowest BCUT2D eigenvalue weighted by atomic mass is 10.1. The van der Waals surface area contributed by atoms with Crippen molar-refractivity contribution >= 4 is 35.9 Å². The lowest BCUT2D eigenvalue weighted by Gasteiger charge is -2.16. The molecule has 1 heterocycles. The number of carboxylic acid groups (broad SMARTS) is 1. The molecule has 3 aromatic rings. The number of ether oxygens (including phenoxy) is 1. The highest BCUT2D eigenvalue weighted by atomic mass is 35.5. The number of benzene rings is 2. The number of carbonyl (C=O) groups excluding carboxylic acids is 1. The van der Waals surface area contributed by atoms with E-state index in [4.69, 9.17) is 21.4 Å². The first-order valence-electron chi connectivity index (χ1n) is 10.4. The molecular formula is C25H27Cl2N3O4. The molecule has 0 unspecified atom stereocenters. The molecule has 0 radical (unpaired) electrons. The summed E-state index contributed by atoms with van der Waals surface area (Å²) in [5, 5.41) is 12.2. The molecule has 2 N–H and O–H groups in total. The Kier molecular flexibility index (Phi) is 9.86. The maximum atomic E-state index is 13.0. The van der Waals surface area contributed by atoms with E-state index in [1.54, 1.807) is 19.1 Å². The van der Waals surface area contributed by atoms with Gasteiger partial charge >= 0.3 is 5.97 Å². The van der Waals surface area contributed by atoms with Gasteiger partial charge in [-0.15, -0.1) is 12.4 Å². The van der Waals surface area contributed by atoms with E-state index < -0.39 is 11.9 Å². The molecule has 0 aliphatic rings. The first-order chi connectivity index (χ1) is 15.7. The molecule has 34 heavy (non-hydrogen) atoms. The second kappa shape index (κ2) is 12.4. The predicted octanol–water partition coefficient (Wildman–Crippen LogP) is 5.24. The number of amides is 1. The van der Waals surface area contributed by atoms with Crippen LogP contribution in [0.1, 0.15) is 44.8 Å². The third-order valence-electron chi connectivity index (χ3n) is 5.05. The number of hydrogen-bond donors (Lipinski definition) is 2. The van der Waals surface area contributed by atoms with Gasteiger partial charge in [-0.2, -0.15) is 0 Å². The number of rotatable bonds is 9. The third kappa shape index (κ3) is 7.45. The van der Waals surface area contributed by atoms with Gasteiger partial charge in [0.1, 0.15) is 11.3 Å². The summed E-state index contributed by atoms with van der Waals surface area (Å²) in [5.74, 6) is -0.704. The largest absolute Gasteiger partial charge is 0.478 e. The Morgan fingerprint density at radius 1 is 1.12 bits per heavy atom. The normalized spacial score (nSPS) is 11.4. The number of hydrogen-bond acceptors (Lipinski definition) is 5. The Morgan fingerprint density at radius 3 is 2.35 bits per heavy atom. The summed E-state index contributed by atoms with van der Waals surface area (Å²) < 4.78 is 5.89. The van der Waals surface area contributed by atoms with Crippen molar-refractivity contribution in [3.63, 3.8) is 0 Å². The van der Waals surface area contributed by atoms with Gasteiger partial charge in [0.25, 0.3) is 5.91 Å². The maximum Gasteiger partial charge on any atom is 0.335 e. The molecule has 180 valence electrons. The number of carbonyl (C=O) groups is 2. The van der Waals surface area contributed by atoms with Gasteiger partial charge in [0.2, 0.25) is 5.88 Å². The third-order valence-corrected chi connectivity index (χ3v) is 5.26. The van der Waals surface area contributed by atoms with Gasteiger partial charge in [-0.05, 0) is 68.9 Å². The number of aromatic nitrogens is 1. The Bertz CT molecular complexity index is 1120. The van der Waals surface area contributed by atoms with Crippen LogP contribution in [0.5, 0.6) is 11.6 Å². The summed E-state index contributed by atoms with van der Waals surface area (Å²) in [6.07, 6.45) is 2.35. The minimum Gasteiger partial charge on any atom is -0.478 e. The summed E-state index contributed by atoms with van der Waals surface area (Å²) >= 11 is 6.09. The predicted molar refractivity (Wildman–Crippen MR) is 135 cm³/mol. The van der Waals surface area contributed by atoms with E-state index >= 15 is 0 Å². The molecule has 0 saturated heterocycles. The molecule has 0 fully saturated rings. The smallest absolute Gasteiger partial charge is 0.335 e. The highest BCUT2D eigenvalue weighted by molar-refractivity contribution is 6.30. The Balaban J connectivity index is 0.00000408. The molecule has 0 saturated carbocycles. The number of carboxylic acids is 1. The minimum absolute atomic E-state index is 0. The molecule has 0 aliphatic carbocycles. The molecule has 9 heteroatoms. The van der Waals surface area contributed by atoms with Crippen molar-refractivity contribution in [1.82, 2.24) is 15.2 Å². The van der Waals surface area contributed by atoms with Crippen LogP contribution in [0, 0.1) is 0 Å². The van der Waals surface area contributed by atoms with Crippen LogP contribution >= 0.6 is 24.0 Å². The number of pyridine rings is 1. The van der Waals surface area contributed by atoms with Crippen LogP contribution in [0.4, 0.5) is 0 Å². The maximum absolute atomic E-state index is 13.0. The molecule has 1 atom stereocenters. The average molecular weight is 504 g/mol. The Hall–Kier alpha value is -3.13. The molecule has 1 amide bonds. The molecule has 0 spiro atoms. The summed E-state index contributed by atoms with van der Waals surface area (Å²) in [4.78, 5) is 30.3. The lowest BCUT2D eigenvalue weighted by molar-refractivity contribution is 0.0696. The zero-order chi connectivity index (χ0) is 24.0. The summed E-state index contributed by atoms with van der Waals surface area (Å²) in [6, 6.07) is 15.1. The van der Waals surface area contributed by atoms with Crippen LogP contribution < -0.4 is 10.1 Å². The average Bonchev–Trinajstić information content (AvgIpc) is 2.79. The van der Waals surface area contributed by atoms with E-state index in [0.29, 0.717) is 10.8 Å². The highest BCUT2D eigenvalue weighted by Crippen LogP contribution is 2.26. The standard InChI is InChI=1S/C25H26ClN3O4.ClH/c1-16(18-6-8-19(9-7-18)25(31)32)28-23(30)22-14-20(26)15-27-24(22)33-21-10-4-17(5-11-21)12-13-29(2)3;/h4-11,14-16H,12-13H2,1-3H3,(H,28,30)(H,31,32);1H/t16-;/m0./s1. The van der Waals surface area contributed by atoms with Crippen LogP contribution in [0.15, 0.2) is 60.8 Å². The first-order valence-corrected chi connectivity index (χ1v) is 10.8. The summed E-state index contributed by atoms with van der Waals surface area (Å²) in [7, 11) is 4.06. The lowest BCUT2D eigenvalue weighted by Crippen LogP contribution is -2.27. The Labute approximate surface area is 210 Å². The zero-order valence-electron chi connectivity index (χ0n) is 19.1. The quantitative estimate of drug-likeness (QED) is 0.414. The van der Waals surface area contributed by atoms with Crippen molar-refractivity contribution < 1.29 is 19.4 Å². The molecule has 3 rings (SSSR count). The SMILES string of the molecule is C[C@H](NC(=O)c1cc(Cl)cnc1Oc1ccc(CCN(C)C)cc1)c1ccc(C(=O)O)cc1.Cl. The Morgan fingerprint density at radius 2 is 1.76 bits per heavy atom.